The van der Waals surface area contributed by atoms with Gasteiger partial charge in [-0.15, -0.1) is 0 Å². The molecule has 0 saturated carbocycles. The third-order valence-electron chi connectivity index (χ3n) is 0.939. The zero-order valence-electron chi connectivity index (χ0n) is 6.36. The van der Waals surface area contributed by atoms with Gasteiger partial charge in [-0.1, -0.05) is 13.3 Å². The number of hydrogen-bond acceptors (Lipinski definition) is 3. The van der Waals surface area contributed by atoms with Crippen LogP contribution >= 0.6 is 0 Å². The summed E-state index contributed by atoms with van der Waals surface area (Å²) in [6, 6.07) is 0. The molecule has 0 amide bonds. The van der Waals surface area contributed by atoms with Crippen molar-refractivity contribution in [1.82, 2.24) is 0 Å². The van der Waals surface area contributed by atoms with Gasteiger partial charge in [-0.25, -0.2) is 0 Å². The topological polar surface area (TPSA) is 63.6 Å². The molecule has 0 bridgehead atoms. The summed E-state index contributed by atoms with van der Waals surface area (Å²) in [6.07, 6.45) is 2.83. The van der Waals surface area contributed by atoms with Crippen LogP contribution in [0.2, 0.25) is 0 Å². The summed E-state index contributed by atoms with van der Waals surface area (Å²) in [5.41, 5.74) is 0. The predicted octanol–water partition coefficient (Wildman–Crippen LogP) is 0.514. The predicted molar refractivity (Wildman–Crippen MR) is 48.7 cm³/mol. The van der Waals surface area contributed by atoms with E-state index in [1.807, 2.05) is 6.92 Å². The molecule has 6 heteroatoms. The van der Waals surface area contributed by atoms with Crippen molar-refractivity contribution in [2.24, 2.45) is 0 Å². The van der Waals surface area contributed by atoms with Gasteiger partial charge in [0.15, 0.2) is 0 Å². The molecule has 0 unspecified atom stereocenters. The van der Waals surface area contributed by atoms with Crippen molar-refractivity contribution in [1.29, 1.82) is 0 Å². The van der Waals surface area contributed by atoms with Gasteiger partial charge in [-0.2, -0.15) is 8.42 Å². The van der Waals surface area contributed by atoms with Crippen molar-refractivity contribution in [3.05, 3.63) is 11.7 Å². The molecular formula is C6H13NaO4S. The molecule has 4 nitrogen and oxygen atoms in total. The number of rotatable bonds is 5. The second kappa shape index (κ2) is 8.07. The van der Waals surface area contributed by atoms with Crippen LogP contribution in [-0.4, -0.2) is 49.1 Å². The van der Waals surface area contributed by atoms with Crippen molar-refractivity contribution in [3.8, 4) is 0 Å². The van der Waals surface area contributed by atoms with Gasteiger partial charge in [0.1, 0.15) is 0 Å². The molecule has 0 aromatic carbocycles. The molecule has 12 heavy (non-hydrogen) atoms. The van der Waals surface area contributed by atoms with Crippen molar-refractivity contribution in [2.45, 2.75) is 19.8 Å². The van der Waals surface area contributed by atoms with Gasteiger partial charge in [0.2, 0.25) is 0 Å². The van der Waals surface area contributed by atoms with Gasteiger partial charge in [0.25, 0.3) is 10.1 Å². The Morgan fingerprint density at radius 2 is 2.08 bits per heavy atom. The van der Waals surface area contributed by atoms with Crippen molar-refractivity contribution < 1.29 is 17.7 Å². The maximum atomic E-state index is 10.1. The fourth-order valence-electron chi connectivity index (χ4n) is 0.405. The van der Waals surface area contributed by atoms with E-state index in [0.717, 1.165) is 19.1 Å². The van der Waals surface area contributed by atoms with Crippen LogP contribution in [0.4, 0.5) is 0 Å². The average Bonchev–Trinajstić information content (AvgIpc) is 1.85. The molecule has 0 aromatic heterocycles. The van der Waals surface area contributed by atoms with Gasteiger partial charge in [-0.05, 0) is 6.42 Å². The monoisotopic (exact) mass is 204 g/mol. The van der Waals surface area contributed by atoms with Crippen LogP contribution in [0.15, 0.2) is 11.7 Å². The van der Waals surface area contributed by atoms with Crippen LogP contribution < -0.4 is 0 Å². The van der Waals surface area contributed by atoms with Gasteiger partial charge in [-0.3, -0.25) is 4.55 Å². The molecule has 0 fully saturated rings. The Labute approximate surface area is 95.0 Å². The third-order valence-corrected chi connectivity index (χ3v) is 1.39. The van der Waals surface area contributed by atoms with E-state index in [1.165, 1.54) is 0 Å². The van der Waals surface area contributed by atoms with Crippen molar-refractivity contribution >= 4 is 39.7 Å². The van der Waals surface area contributed by atoms with E-state index in [0.29, 0.717) is 12.0 Å². The van der Waals surface area contributed by atoms with Gasteiger partial charge >= 0.3 is 29.6 Å². The van der Waals surface area contributed by atoms with Crippen LogP contribution in [0, 0.1) is 0 Å². The molecule has 0 heterocycles. The first-order valence-electron chi connectivity index (χ1n) is 3.32. The first kappa shape index (κ1) is 14.9. The Morgan fingerprint density at radius 1 is 1.50 bits per heavy atom. The second-order valence-electron chi connectivity index (χ2n) is 2.01. The number of ether oxygens (including phenoxy) is 1. The molecule has 0 spiro atoms. The van der Waals surface area contributed by atoms with Gasteiger partial charge in [0, 0.05) is 0 Å². The Kier molecular flexibility index (Phi) is 10.0. The fraction of sp³-hybridized carbons (Fsp3) is 0.667. The Hall–Kier alpha value is 0.450. The Morgan fingerprint density at radius 3 is 2.50 bits per heavy atom. The summed E-state index contributed by atoms with van der Waals surface area (Å²) in [7, 11) is -4.02. The number of hydrogen-bond donors (Lipinski definition) is 1. The van der Waals surface area contributed by atoms with E-state index in [9.17, 15) is 8.42 Å². The van der Waals surface area contributed by atoms with Gasteiger partial charge in [0.05, 0.1) is 18.3 Å². The van der Waals surface area contributed by atoms with E-state index in [2.05, 4.69) is 0 Å². The zero-order valence-corrected chi connectivity index (χ0v) is 7.17. The molecule has 1 N–H and O–H groups in total. The minimum atomic E-state index is -4.02. The van der Waals surface area contributed by atoms with Crippen molar-refractivity contribution in [2.75, 3.05) is 6.61 Å². The van der Waals surface area contributed by atoms with E-state index < -0.39 is 10.1 Å². The fourth-order valence-corrected chi connectivity index (χ4v) is 0.624. The van der Waals surface area contributed by atoms with Crippen LogP contribution in [0.5, 0.6) is 0 Å². The maximum absolute atomic E-state index is 10.1. The molecule has 0 atom stereocenters. The molecule has 0 aliphatic carbocycles. The summed E-state index contributed by atoms with van der Waals surface area (Å²) in [4.78, 5) is 0. The summed E-state index contributed by atoms with van der Waals surface area (Å²) in [6.45, 7) is 2.47. The number of unbranched alkanes of at least 4 members (excludes halogenated alkanes) is 1. The average molecular weight is 204 g/mol. The first-order valence-corrected chi connectivity index (χ1v) is 4.82. The van der Waals surface area contributed by atoms with Crippen LogP contribution in [0.25, 0.3) is 0 Å². The molecule has 68 valence electrons. The van der Waals surface area contributed by atoms with E-state index in [1.54, 1.807) is 0 Å². The molecular weight excluding hydrogens is 191 g/mol. The normalized spacial score (nSPS) is 11.2. The molecule has 0 aromatic rings. The molecule has 0 aliphatic heterocycles. The minimum absolute atomic E-state index is 0. The first-order chi connectivity index (χ1) is 5.06. The van der Waals surface area contributed by atoms with E-state index >= 15 is 0 Å². The third kappa shape index (κ3) is 13.1. The van der Waals surface area contributed by atoms with Crippen LogP contribution in [-0.2, 0) is 14.9 Å². The van der Waals surface area contributed by atoms with Crippen LogP contribution in [0.3, 0.4) is 0 Å². The SMILES string of the molecule is CCCCOC=CS(=O)(=O)O.[NaH]. The van der Waals surface area contributed by atoms with E-state index in [4.69, 9.17) is 9.29 Å². The Bertz CT molecular complexity index is 210. The summed E-state index contributed by atoms with van der Waals surface area (Å²) < 4.78 is 33.0. The molecule has 0 saturated heterocycles. The van der Waals surface area contributed by atoms with E-state index in [-0.39, 0.29) is 29.6 Å². The summed E-state index contributed by atoms with van der Waals surface area (Å²) in [5.74, 6) is 0. The van der Waals surface area contributed by atoms with Gasteiger partial charge < -0.3 is 4.74 Å². The summed E-state index contributed by atoms with van der Waals surface area (Å²) >= 11 is 0. The van der Waals surface area contributed by atoms with Crippen LogP contribution in [0.1, 0.15) is 19.8 Å². The quantitative estimate of drug-likeness (QED) is 0.307. The zero-order chi connectivity index (χ0) is 8.74. The Balaban J connectivity index is 0. The molecule has 0 rings (SSSR count). The molecule has 0 aliphatic rings. The van der Waals surface area contributed by atoms with Crippen molar-refractivity contribution in [3.63, 3.8) is 0 Å². The standard InChI is InChI=1S/C6H12O4S.Na.H/c1-2-3-4-10-5-6-11(7,8)9;;/h5-6H,2-4H2,1H3,(H,7,8,9);;. The molecule has 0 radical (unpaired) electrons. The second-order valence-corrected chi connectivity index (χ2v) is 3.31. The summed E-state index contributed by atoms with van der Waals surface area (Å²) in [5, 5.41) is 0.614.